The highest BCUT2D eigenvalue weighted by molar-refractivity contribution is 6.31. The molecule has 7 heteroatoms. The average Bonchev–Trinajstić information content (AvgIpc) is 3.19. The van der Waals surface area contributed by atoms with Crippen LogP contribution in [0.15, 0.2) is 59.7 Å². The number of hydrogen-bond acceptors (Lipinski definition) is 4. The summed E-state index contributed by atoms with van der Waals surface area (Å²) < 4.78 is 1.60. The van der Waals surface area contributed by atoms with E-state index in [0.29, 0.717) is 35.6 Å². The van der Waals surface area contributed by atoms with Crippen molar-refractivity contribution < 1.29 is 9.90 Å². The van der Waals surface area contributed by atoms with Gasteiger partial charge < -0.3 is 10.0 Å². The molecule has 2 heterocycles. The van der Waals surface area contributed by atoms with Gasteiger partial charge in [-0.2, -0.15) is 0 Å². The highest BCUT2D eigenvalue weighted by atomic mass is 35.5. The van der Waals surface area contributed by atoms with Gasteiger partial charge >= 0.3 is 0 Å². The maximum atomic E-state index is 12.7. The van der Waals surface area contributed by atoms with E-state index in [1.165, 1.54) is 0 Å². The van der Waals surface area contributed by atoms with E-state index in [1.54, 1.807) is 34.0 Å². The van der Waals surface area contributed by atoms with Gasteiger partial charge in [0.25, 0.3) is 5.56 Å². The molecule has 2 atom stereocenters. The molecule has 6 nitrogen and oxygen atoms in total. The Balaban J connectivity index is 1.39. The van der Waals surface area contributed by atoms with Crippen LogP contribution in [0.5, 0.6) is 0 Å². The lowest BCUT2D eigenvalue weighted by atomic mass is 10.1. The molecule has 1 aliphatic rings. The molecule has 0 saturated carbocycles. The number of aromatic nitrogens is 2. The van der Waals surface area contributed by atoms with Crippen LogP contribution in [0, 0.1) is 5.92 Å². The molecular weight excluding hydrogens is 390 g/mol. The Morgan fingerprint density at radius 2 is 2.03 bits per heavy atom. The topological polar surface area (TPSA) is 75.4 Å². The molecular formula is C22H22ClN3O3. The second-order valence-corrected chi connectivity index (χ2v) is 7.93. The molecule has 0 radical (unpaired) electrons. The van der Waals surface area contributed by atoms with Crippen LogP contribution in [-0.2, 0) is 11.3 Å². The maximum absolute atomic E-state index is 12.7. The highest BCUT2D eigenvalue weighted by Crippen LogP contribution is 2.23. The van der Waals surface area contributed by atoms with Crippen molar-refractivity contribution >= 4 is 28.4 Å². The van der Waals surface area contributed by atoms with Gasteiger partial charge in [0.15, 0.2) is 0 Å². The number of carbonyl (C=O) groups is 1. The van der Waals surface area contributed by atoms with Gasteiger partial charge in [0, 0.05) is 24.7 Å². The van der Waals surface area contributed by atoms with E-state index in [1.807, 2.05) is 30.3 Å². The van der Waals surface area contributed by atoms with Gasteiger partial charge in [-0.05, 0) is 36.1 Å². The van der Waals surface area contributed by atoms with Crippen molar-refractivity contribution in [1.82, 2.24) is 14.5 Å². The molecule has 0 bridgehead atoms. The predicted octanol–water partition coefficient (Wildman–Crippen LogP) is 3.02. The van der Waals surface area contributed by atoms with Gasteiger partial charge in [-0.1, -0.05) is 41.9 Å². The monoisotopic (exact) mass is 411 g/mol. The summed E-state index contributed by atoms with van der Waals surface area (Å²) in [5.74, 6) is 0.111. The third-order valence-electron chi connectivity index (χ3n) is 5.43. The van der Waals surface area contributed by atoms with E-state index in [0.717, 1.165) is 12.0 Å². The number of fused-ring (bicyclic) bond motifs is 1. The maximum Gasteiger partial charge on any atom is 0.261 e. The fourth-order valence-electron chi connectivity index (χ4n) is 3.84. The molecule has 1 amide bonds. The van der Waals surface area contributed by atoms with Crippen LogP contribution in [0.4, 0.5) is 0 Å². The third kappa shape index (κ3) is 4.33. The number of aliphatic hydroxyl groups is 1. The van der Waals surface area contributed by atoms with Crippen LogP contribution in [0.3, 0.4) is 0 Å². The van der Waals surface area contributed by atoms with E-state index >= 15 is 0 Å². The van der Waals surface area contributed by atoms with Crippen molar-refractivity contribution in [1.29, 1.82) is 0 Å². The van der Waals surface area contributed by atoms with Gasteiger partial charge in [0.05, 0.1) is 29.8 Å². The van der Waals surface area contributed by atoms with Crippen molar-refractivity contribution in [3.8, 4) is 0 Å². The molecule has 29 heavy (non-hydrogen) atoms. The van der Waals surface area contributed by atoms with E-state index in [2.05, 4.69) is 4.98 Å². The number of carbonyl (C=O) groups excluding carboxylic acids is 1. The molecule has 1 aromatic heterocycles. The lowest BCUT2D eigenvalue weighted by Crippen LogP contribution is -2.31. The average molecular weight is 412 g/mol. The Hall–Kier alpha value is -2.70. The lowest BCUT2D eigenvalue weighted by Gasteiger charge is -2.19. The van der Waals surface area contributed by atoms with Gasteiger partial charge in [-0.3, -0.25) is 14.2 Å². The Labute approximate surface area is 173 Å². The van der Waals surface area contributed by atoms with Crippen LogP contribution in [0.2, 0.25) is 5.02 Å². The molecule has 1 saturated heterocycles. The third-order valence-corrected chi connectivity index (χ3v) is 5.67. The van der Waals surface area contributed by atoms with E-state index < -0.39 is 6.10 Å². The summed E-state index contributed by atoms with van der Waals surface area (Å²) in [6.45, 7) is 1.72. The largest absolute Gasteiger partial charge is 0.388 e. The zero-order valence-corrected chi connectivity index (χ0v) is 16.6. The standard InChI is InChI=1S/C22H22ClN3O3/c23-17-6-7-18-19(10-17)24-14-26(22(18)29)13-15-8-9-25(12-15)21(28)11-20(27)16-4-2-1-3-5-16/h1-7,10,14-15,20,27H,8-9,11-13H2/t15?,20-/m0/s1. The number of nitrogens with zero attached hydrogens (tertiary/aromatic N) is 3. The van der Waals surface area contributed by atoms with Gasteiger partial charge in [0.1, 0.15) is 0 Å². The van der Waals surface area contributed by atoms with Crippen molar-refractivity contribution in [3.05, 3.63) is 75.8 Å². The number of likely N-dealkylation sites (tertiary alicyclic amines) is 1. The molecule has 1 N–H and O–H groups in total. The minimum atomic E-state index is -0.804. The van der Waals surface area contributed by atoms with Gasteiger partial charge in [-0.25, -0.2) is 4.98 Å². The van der Waals surface area contributed by atoms with Crippen molar-refractivity contribution in [2.24, 2.45) is 5.92 Å². The minimum absolute atomic E-state index is 0.0645. The number of hydrogen-bond donors (Lipinski definition) is 1. The van der Waals surface area contributed by atoms with Crippen LogP contribution >= 0.6 is 11.6 Å². The molecule has 4 rings (SSSR count). The summed E-state index contributed by atoms with van der Waals surface area (Å²) >= 11 is 5.96. The molecule has 1 unspecified atom stereocenters. The number of amides is 1. The number of benzene rings is 2. The van der Waals surface area contributed by atoms with Crippen LogP contribution in [0.1, 0.15) is 24.5 Å². The Bertz CT molecular complexity index is 1080. The van der Waals surface area contributed by atoms with Crippen LogP contribution in [0.25, 0.3) is 10.9 Å². The first-order valence-electron chi connectivity index (χ1n) is 9.67. The normalized spacial score (nSPS) is 17.6. The van der Waals surface area contributed by atoms with Crippen LogP contribution < -0.4 is 5.56 Å². The molecule has 1 fully saturated rings. The number of aliphatic hydroxyl groups excluding tert-OH is 1. The Morgan fingerprint density at radius 1 is 1.24 bits per heavy atom. The SMILES string of the molecule is O=C(C[C@H](O)c1ccccc1)N1CCC(Cn2cnc3cc(Cl)ccc3c2=O)C1. The molecule has 3 aromatic rings. The fraction of sp³-hybridized carbons (Fsp3) is 0.318. The van der Waals surface area contributed by atoms with E-state index in [9.17, 15) is 14.7 Å². The zero-order chi connectivity index (χ0) is 20.4. The molecule has 0 aliphatic carbocycles. The second kappa shape index (κ2) is 8.35. The number of rotatable bonds is 5. The van der Waals surface area contributed by atoms with Crippen LogP contribution in [-0.4, -0.2) is 38.6 Å². The second-order valence-electron chi connectivity index (χ2n) is 7.49. The summed E-state index contributed by atoms with van der Waals surface area (Å²) in [6.07, 6.45) is 1.62. The fourth-order valence-corrected chi connectivity index (χ4v) is 4.00. The molecule has 0 spiro atoms. The highest BCUT2D eigenvalue weighted by Gasteiger charge is 2.28. The summed E-state index contributed by atoms with van der Waals surface area (Å²) in [6, 6.07) is 14.3. The molecule has 2 aromatic carbocycles. The molecule has 150 valence electrons. The summed E-state index contributed by atoms with van der Waals surface area (Å²) in [7, 11) is 0. The predicted molar refractivity (Wildman–Crippen MR) is 112 cm³/mol. The minimum Gasteiger partial charge on any atom is -0.388 e. The smallest absolute Gasteiger partial charge is 0.261 e. The van der Waals surface area contributed by atoms with E-state index in [-0.39, 0.29) is 23.8 Å². The first-order valence-corrected chi connectivity index (χ1v) is 10.0. The number of halogens is 1. The lowest BCUT2D eigenvalue weighted by molar-refractivity contribution is -0.132. The zero-order valence-electron chi connectivity index (χ0n) is 15.9. The van der Waals surface area contributed by atoms with Gasteiger partial charge in [-0.15, -0.1) is 0 Å². The van der Waals surface area contributed by atoms with Crippen molar-refractivity contribution in [3.63, 3.8) is 0 Å². The van der Waals surface area contributed by atoms with E-state index in [4.69, 9.17) is 11.6 Å². The van der Waals surface area contributed by atoms with Crippen molar-refractivity contribution in [2.75, 3.05) is 13.1 Å². The Kier molecular flexibility index (Phi) is 5.65. The quantitative estimate of drug-likeness (QED) is 0.700. The first kappa shape index (κ1) is 19.6. The van der Waals surface area contributed by atoms with Gasteiger partial charge in [0.2, 0.25) is 5.91 Å². The first-order chi connectivity index (χ1) is 14.0. The molecule has 1 aliphatic heterocycles. The Morgan fingerprint density at radius 3 is 2.83 bits per heavy atom. The van der Waals surface area contributed by atoms with Crippen molar-refractivity contribution in [2.45, 2.75) is 25.5 Å². The summed E-state index contributed by atoms with van der Waals surface area (Å²) in [4.78, 5) is 31.4. The summed E-state index contributed by atoms with van der Waals surface area (Å²) in [5.41, 5.74) is 1.22. The summed E-state index contributed by atoms with van der Waals surface area (Å²) in [5, 5.41) is 11.4.